The molecule has 0 amide bonds. The predicted molar refractivity (Wildman–Crippen MR) is 101 cm³/mol. The molecule has 0 fully saturated rings. The molecular formula is C22H17NO3. The number of hydrogen-bond acceptors (Lipinski definition) is 4. The third-order valence-corrected chi connectivity index (χ3v) is 4.46. The van der Waals surface area contributed by atoms with Gasteiger partial charge in [0.2, 0.25) is 5.71 Å². The van der Waals surface area contributed by atoms with Gasteiger partial charge in [0.05, 0.1) is 7.11 Å². The maximum absolute atomic E-state index is 11.7. The van der Waals surface area contributed by atoms with E-state index in [9.17, 15) is 4.79 Å². The summed E-state index contributed by atoms with van der Waals surface area (Å²) in [6, 6.07) is 21.8. The summed E-state index contributed by atoms with van der Waals surface area (Å²) in [5.74, 6) is 0.247. The van der Waals surface area contributed by atoms with Crippen LogP contribution in [0.2, 0.25) is 0 Å². The van der Waals surface area contributed by atoms with Crippen molar-refractivity contribution in [3.05, 3.63) is 78.0 Å². The van der Waals surface area contributed by atoms with Gasteiger partial charge in [-0.25, -0.2) is 9.78 Å². The zero-order valence-electron chi connectivity index (χ0n) is 14.5. The van der Waals surface area contributed by atoms with Crippen molar-refractivity contribution < 1.29 is 13.9 Å². The standard InChI is InChI=1S/C22H17NO3/c1-14-17(15-7-4-3-5-8-15)9-6-10-18(14)20-13-16-11-12-19(22(24)25-2)23-21(16)26-20/h3-13H,1-2H3. The van der Waals surface area contributed by atoms with Crippen LogP contribution in [0.1, 0.15) is 16.1 Å². The largest absolute Gasteiger partial charge is 0.464 e. The Kier molecular flexibility index (Phi) is 4.01. The monoisotopic (exact) mass is 343 g/mol. The molecule has 0 aliphatic carbocycles. The number of aromatic nitrogens is 1. The number of hydrogen-bond donors (Lipinski definition) is 0. The first-order chi connectivity index (χ1) is 12.7. The molecule has 4 aromatic rings. The molecule has 4 nitrogen and oxygen atoms in total. The van der Waals surface area contributed by atoms with Crippen molar-refractivity contribution in [1.29, 1.82) is 0 Å². The van der Waals surface area contributed by atoms with Gasteiger partial charge in [0.15, 0.2) is 5.69 Å². The van der Waals surface area contributed by atoms with Gasteiger partial charge in [0.25, 0.3) is 0 Å². The van der Waals surface area contributed by atoms with Crippen LogP contribution >= 0.6 is 0 Å². The first-order valence-corrected chi connectivity index (χ1v) is 8.31. The Morgan fingerprint density at radius 3 is 2.50 bits per heavy atom. The lowest BCUT2D eigenvalue weighted by atomic mass is 9.95. The van der Waals surface area contributed by atoms with Crippen molar-refractivity contribution in [3.63, 3.8) is 0 Å². The maximum Gasteiger partial charge on any atom is 0.356 e. The molecule has 0 saturated carbocycles. The third kappa shape index (κ3) is 2.75. The van der Waals surface area contributed by atoms with E-state index < -0.39 is 5.97 Å². The number of carbonyl (C=O) groups is 1. The van der Waals surface area contributed by atoms with Crippen molar-refractivity contribution in [3.8, 4) is 22.5 Å². The molecule has 0 aliphatic heterocycles. The number of esters is 1. The average Bonchev–Trinajstić information content (AvgIpc) is 3.11. The number of fused-ring (bicyclic) bond motifs is 1. The SMILES string of the molecule is COC(=O)c1ccc2cc(-c3cccc(-c4ccccc4)c3C)oc2n1. The van der Waals surface area contributed by atoms with Gasteiger partial charge in [0, 0.05) is 10.9 Å². The number of rotatable bonds is 3. The van der Waals surface area contributed by atoms with E-state index in [4.69, 9.17) is 9.15 Å². The Morgan fingerprint density at radius 2 is 1.73 bits per heavy atom. The Balaban J connectivity index is 1.82. The normalized spacial score (nSPS) is 10.8. The minimum absolute atomic E-state index is 0.232. The van der Waals surface area contributed by atoms with Gasteiger partial charge in [-0.2, -0.15) is 0 Å². The molecule has 0 aliphatic rings. The first kappa shape index (κ1) is 16.1. The Morgan fingerprint density at radius 1 is 0.962 bits per heavy atom. The molecule has 0 N–H and O–H groups in total. The van der Waals surface area contributed by atoms with Gasteiger partial charge in [-0.3, -0.25) is 0 Å². The van der Waals surface area contributed by atoms with Crippen molar-refractivity contribution >= 4 is 17.1 Å². The van der Waals surface area contributed by atoms with Gasteiger partial charge in [-0.05, 0) is 41.8 Å². The molecule has 4 rings (SSSR count). The fourth-order valence-corrected chi connectivity index (χ4v) is 3.10. The van der Waals surface area contributed by atoms with E-state index in [0.717, 1.165) is 33.4 Å². The molecule has 4 heteroatoms. The highest BCUT2D eigenvalue weighted by molar-refractivity contribution is 5.91. The van der Waals surface area contributed by atoms with Crippen LogP contribution in [0.4, 0.5) is 0 Å². The van der Waals surface area contributed by atoms with Gasteiger partial charge >= 0.3 is 5.97 Å². The Labute approximate surface area is 151 Å². The Bertz CT molecular complexity index is 1100. The minimum atomic E-state index is -0.480. The van der Waals surface area contributed by atoms with E-state index in [1.807, 2.05) is 42.5 Å². The van der Waals surface area contributed by atoms with Gasteiger partial charge in [-0.15, -0.1) is 0 Å². The van der Waals surface area contributed by atoms with Crippen LogP contribution in [-0.4, -0.2) is 18.1 Å². The molecule has 0 unspecified atom stereocenters. The Hall–Kier alpha value is -3.40. The zero-order valence-corrected chi connectivity index (χ0v) is 14.5. The maximum atomic E-state index is 11.7. The van der Waals surface area contributed by atoms with Crippen molar-refractivity contribution in [2.24, 2.45) is 0 Å². The molecule has 26 heavy (non-hydrogen) atoms. The number of pyridine rings is 1. The second kappa shape index (κ2) is 6.48. The number of ether oxygens (including phenoxy) is 1. The van der Waals surface area contributed by atoms with E-state index in [1.165, 1.54) is 7.11 Å². The number of nitrogens with zero attached hydrogens (tertiary/aromatic N) is 1. The van der Waals surface area contributed by atoms with Gasteiger partial charge < -0.3 is 9.15 Å². The van der Waals surface area contributed by atoms with Crippen LogP contribution in [0.3, 0.4) is 0 Å². The lowest BCUT2D eigenvalue weighted by Gasteiger charge is -2.09. The summed E-state index contributed by atoms with van der Waals surface area (Å²) < 4.78 is 10.7. The van der Waals surface area contributed by atoms with E-state index in [0.29, 0.717) is 5.71 Å². The molecule has 0 spiro atoms. The number of benzene rings is 2. The molecule has 2 heterocycles. The summed E-state index contributed by atoms with van der Waals surface area (Å²) >= 11 is 0. The summed E-state index contributed by atoms with van der Waals surface area (Å²) in [4.78, 5) is 15.9. The van der Waals surface area contributed by atoms with Gasteiger partial charge in [-0.1, -0.05) is 48.5 Å². The van der Waals surface area contributed by atoms with E-state index in [-0.39, 0.29) is 5.69 Å². The molecule has 0 radical (unpaired) electrons. The molecule has 0 bridgehead atoms. The summed E-state index contributed by atoms with van der Waals surface area (Å²) in [6.07, 6.45) is 0. The zero-order chi connectivity index (χ0) is 18.1. The predicted octanol–water partition coefficient (Wildman–Crippen LogP) is 5.26. The highest BCUT2D eigenvalue weighted by Gasteiger charge is 2.15. The molecule has 128 valence electrons. The number of furan rings is 1. The van der Waals surface area contributed by atoms with Crippen molar-refractivity contribution in [2.45, 2.75) is 6.92 Å². The summed E-state index contributed by atoms with van der Waals surface area (Å²) in [7, 11) is 1.33. The van der Waals surface area contributed by atoms with Crippen LogP contribution in [-0.2, 0) is 4.74 Å². The fourth-order valence-electron chi connectivity index (χ4n) is 3.10. The summed E-state index contributed by atoms with van der Waals surface area (Å²) in [6.45, 7) is 2.08. The number of carbonyl (C=O) groups excluding carboxylic acids is 1. The van der Waals surface area contributed by atoms with Crippen LogP contribution in [0.15, 0.2) is 71.1 Å². The topological polar surface area (TPSA) is 52.3 Å². The molecular weight excluding hydrogens is 326 g/mol. The smallest absolute Gasteiger partial charge is 0.356 e. The fraction of sp³-hybridized carbons (Fsp3) is 0.0909. The van der Waals surface area contributed by atoms with E-state index in [1.54, 1.807) is 6.07 Å². The highest BCUT2D eigenvalue weighted by Crippen LogP contribution is 2.34. The van der Waals surface area contributed by atoms with Crippen LogP contribution in [0.25, 0.3) is 33.6 Å². The van der Waals surface area contributed by atoms with Crippen LogP contribution < -0.4 is 0 Å². The van der Waals surface area contributed by atoms with E-state index in [2.05, 4.69) is 30.1 Å². The second-order valence-corrected chi connectivity index (χ2v) is 6.04. The molecule has 2 aromatic heterocycles. The molecule has 0 saturated heterocycles. The molecule has 0 atom stereocenters. The molecule has 2 aromatic carbocycles. The lowest BCUT2D eigenvalue weighted by molar-refractivity contribution is 0.0594. The lowest BCUT2D eigenvalue weighted by Crippen LogP contribution is -2.03. The second-order valence-electron chi connectivity index (χ2n) is 6.04. The minimum Gasteiger partial charge on any atom is -0.464 e. The van der Waals surface area contributed by atoms with E-state index >= 15 is 0 Å². The van der Waals surface area contributed by atoms with Crippen LogP contribution in [0.5, 0.6) is 0 Å². The van der Waals surface area contributed by atoms with Crippen molar-refractivity contribution in [1.82, 2.24) is 4.98 Å². The summed E-state index contributed by atoms with van der Waals surface area (Å²) in [5, 5.41) is 0.845. The highest BCUT2D eigenvalue weighted by atomic mass is 16.5. The first-order valence-electron chi connectivity index (χ1n) is 8.31. The van der Waals surface area contributed by atoms with Crippen LogP contribution in [0, 0.1) is 6.92 Å². The summed E-state index contributed by atoms with van der Waals surface area (Å²) in [5.41, 5.74) is 5.11. The average molecular weight is 343 g/mol. The van der Waals surface area contributed by atoms with Gasteiger partial charge in [0.1, 0.15) is 5.76 Å². The third-order valence-electron chi connectivity index (χ3n) is 4.46. The quantitative estimate of drug-likeness (QED) is 0.476. The van der Waals surface area contributed by atoms with Crippen molar-refractivity contribution in [2.75, 3.05) is 7.11 Å². The number of methoxy groups -OCH3 is 1.